The maximum atomic E-state index is 12.6. The third kappa shape index (κ3) is 9.03. The lowest BCUT2D eigenvalue weighted by Gasteiger charge is -2.23. The van der Waals surface area contributed by atoms with Crippen LogP contribution in [0.25, 0.3) is 0 Å². The van der Waals surface area contributed by atoms with Crippen molar-refractivity contribution < 1.29 is 16.8 Å². The van der Waals surface area contributed by atoms with Crippen molar-refractivity contribution in [3.05, 3.63) is 95.6 Å². The number of nitrogens with zero attached hydrogens (tertiary/aromatic N) is 1. The summed E-state index contributed by atoms with van der Waals surface area (Å²) in [6.07, 6.45) is 0. The maximum Gasteiger partial charge on any atom is 0.240 e. The van der Waals surface area contributed by atoms with E-state index in [0.29, 0.717) is 19.6 Å². The van der Waals surface area contributed by atoms with Gasteiger partial charge in [-0.25, -0.2) is 26.3 Å². The number of sulfonamides is 2. The molecule has 3 rings (SSSR count). The van der Waals surface area contributed by atoms with E-state index in [2.05, 4.69) is 9.44 Å². The number of aryl methyl sites for hydroxylation is 2. The fraction of sp³-hybridized carbons (Fsp3) is 0.280. The van der Waals surface area contributed by atoms with Gasteiger partial charge in [0.15, 0.2) is 0 Å². The van der Waals surface area contributed by atoms with Gasteiger partial charge in [0, 0.05) is 32.7 Å². The second-order valence-electron chi connectivity index (χ2n) is 8.18. The lowest BCUT2D eigenvalue weighted by molar-refractivity contribution is 0.274. The SMILES string of the molecule is Cc1ccc(S(=O)(=O)NCCN(CCNS(=O)(=O)c2ccc(C)cc2)Cc2ccccc2)cc1.Cl. The zero-order chi connectivity index (χ0) is 24.6. The minimum absolute atomic E-state index is 0. The predicted molar refractivity (Wildman–Crippen MR) is 142 cm³/mol. The van der Waals surface area contributed by atoms with Crippen LogP contribution in [-0.4, -0.2) is 47.9 Å². The van der Waals surface area contributed by atoms with Crippen molar-refractivity contribution >= 4 is 32.5 Å². The number of benzene rings is 3. The number of hydrogen-bond acceptors (Lipinski definition) is 5. The van der Waals surface area contributed by atoms with Gasteiger partial charge in [0.1, 0.15) is 0 Å². The van der Waals surface area contributed by atoms with Crippen LogP contribution >= 0.6 is 12.4 Å². The van der Waals surface area contributed by atoms with Crippen molar-refractivity contribution in [1.29, 1.82) is 0 Å². The van der Waals surface area contributed by atoms with Gasteiger partial charge in [-0.05, 0) is 43.7 Å². The molecule has 0 bridgehead atoms. The van der Waals surface area contributed by atoms with Crippen molar-refractivity contribution in [2.45, 2.75) is 30.2 Å². The monoisotopic (exact) mass is 537 g/mol. The highest BCUT2D eigenvalue weighted by Crippen LogP contribution is 2.11. The summed E-state index contributed by atoms with van der Waals surface area (Å²) in [5.74, 6) is 0. The average Bonchev–Trinajstić information content (AvgIpc) is 2.80. The zero-order valence-corrected chi connectivity index (χ0v) is 22.3. The first-order chi connectivity index (χ1) is 16.2. The first kappa shape index (κ1) is 29.0. The molecule has 0 spiro atoms. The normalized spacial score (nSPS) is 11.9. The first-order valence-corrected chi connectivity index (χ1v) is 14.0. The Hall–Kier alpha value is -2.27. The molecule has 0 aromatic heterocycles. The summed E-state index contributed by atoms with van der Waals surface area (Å²) in [5.41, 5.74) is 3.03. The Labute approximate surface area is 215 Å². The summed E-state index contributed by atoms with van der Waals surface area (Å²) in [6.45, 7) is 5.62. The van der Waals surface area contributed by atoms with Crippen LogP contribution in [0.2, 0.25) is 0 Å². The van der Waals surface area contributed by atoms with Crippen LogP contribution in [0.3, 0.4) is 0 Å². The molecule has 0 radical (unpaired) electrons. The molecule has 0 saturated carbocycles. The lowest BCUT2D eigenvalue weighted by atomic mass is 10.2. The zero-order valence-electron chi connectivity index (χ0n) is 19.8. The van der Waals surface area contributed by atoms with E-state index in [1.54, 1.807) is 48.5 Å². The predicted octanol–water partition coefficient (Wildman–Crippen LogP) is 3.48. The molecule has 2 N–H and O–H groups in total. The summed E-state index contributed by atoms with van der Waals surface area (Å²) >= 11 is 0. The summed E-state index contributed by atoms with van der Waals surface area (Å²) in [5, 5.41) is 0. The van der Waals surface area contributed by atoms with Crippen LogP contribution in [-0.2, 0) is 26.6 Å². The molecule has 0 heterocycles. The molecule has 0 amide bonds. The van der Waals surface area contributed by atoms with Crippen LogP contribution in [0.5, 0.6) is 0 Å². The molecule has 190 valence electrons. The molecule has 0 aliphatic heterocycles. The highest BCUT2D eigenvalue weighted by atomic mass is 35.5. The molecule has 0 aliphatic rings. The van der Waals surface area contributed by atoms with Gasteiger partial charge in [-0.3, -0.25) is 4.90 Å². The minimum atomic E-state index is -3.62. The van der Waals surface area contributed by atoms with E-state index >= 15 is 0 Å². The van der Waals surface area contributed by atoms with Crippen molar-refractivity contribution in [3.8, 4) is 0 Å². The van der Waals surface area contributed by atoms with E-state index < -0.39 is 20.0 Å². The Kier molecular flexibility index (Phi) is 10.9. The average molecular weight is 538 g/mol. The first-order valence-electron chi connectivity index (χ1n) is 11.0. The van der Waals surface area contributed by atoms with Crippen LogP contribution in [0.4, 0.5) is 0 Å². The van der Waals surface area contributed by atoms with Gasteiger partial charge < -0.3 is 0 Å². The summed E-state index contributed by atoms with van der Waals surface area (Å²) in [6, 6.07) is 23.2. The Morgan fingerprint density at radius 1 is 0.629 bits per heavy atom. The molecule has 0 aliphatic carbocycles. The third-order valence-corrected chi connectivity index (χ3v) is 8.31. The van der Waals surface area contributed by atoms with Gasteiger partial charge in [0.2, 0.25) is 20.0 Å². The molecule has 0 atom stereocenters. The molecule has 0 unspecified atom stereocenters. The van der Waals surface area contributed by atoms with E-state index in [0.717, 1.165) is 16.7 Å². The van der Waals surface area contributed by atoms with Crippen LogP contribution in [0, 0.1) is 13.8 Å². The Balaban J connectivity index is 0.00000432. The fourth-order valence-electron chi connectivity index (χ4n) is 3.39. The molecule has 35 heavy (non-hydrogen) atoms. The minimum Gasteiger partial charge on any atom is -0.296 e. The Morgan fingerprint density at radius 3 is 1.43 bits per heavy atom. The molecule has 0 saturated heterocycles. The highest BCUT2D eigenvalue weighted by molar-refractivity contribution is 7.89. The molecule has 7 nitrogen and oxygen atoms in total. The van der Waals surface area contributed by atoms with Gasteiger partial charge in [-0.1, -0.05) is 65.7 Å². The molecule has 0 fully saturated rings. The van der Waals surface area contributed by atoms with Crippen LogP contribution in [0.15, 0.2) is 88.7 Å². The third-order valence-electron chi connectivity index (χ3n) is 5.35. The number of rotatable bonds is 12. The molecule has 3 aromatic rings. The van der Waals surface area contributed by atoms with Crippen molar-refractivity contribution in [2.24, 2.45) is 0 Å². The fourth-order valence-corrected chi connectivity index (χ4v) is 5.43. The van der Waals surface area contributed by atoms with E-state index in [-0.39, 0.29) is 35.3 Å². The summed E-state index contributed by atoms with van der Waals surface area (Å²) < 4.78 is 55.6. The topological polar surface area (TPSA) is 95.6 Å². The van der Waals surface area contributed by atoms with Crippen LogP contribution in [0.1, 0.15) is 16.7 Å². The van der Waals surface area contributed by atoms with Gasteiger partial charge in [-0.2, -0.15) is 0 Å². The van der Waals surface area contributed by atoms with Crippen molar-refractivity contribution in [3.63, 3.8) is 0 Å². The van der Waals surface area contributed by atoms with Crippen LogP contribution < -0.4 is 9.44 Å². The highest BCUT2D eigenvalue weighted by Gasteiger charge is 2.16. The van der Waals surface area contributed by atoms with Crippen molar-refractivity contribution in [2.75, 3.05) is 26.2 Å². The standard InChI is InChI=1S/C25H31N3O4S2.ClH/c1-21-8-12-24(13-9-21)33(29,30)26-16-18-28(20-23-6-4-3-5-7-23)19-17-27-34(31,32)25-14-10-22(2)11-15-25;/h3-15,26-27H,16-20H2,1-2H3;1H. The quantitative estimate of drug-likeness (QED) is 0.369. The molecule has 3 aromatic carbocycles. The van der Waals surface area contributed by atoms with E-state index in [1.807, 2.05) is 49.1 Å². The van der Waals surface area contributed by atoms with Gasteiger partial charge >= 0.3 is 0 Å². The van der Waals surface area contributed by atoms with E-state index in [9.17, 15) is 16.8 Å². The number of halogens is 1. The molecular weight excluding hydrogens is 506 g/mol. The van der Waals surface area contributed by atoms with E-state index in [1.165, 1.54) is 0 Å². The maximum absolute atomic E-state index is 12.6. The summed E-state index contributed by atoms with van der Waals surface area (Å²) in [7, 11) is -7.23. The number of nitrogens with one attached hydrogen (secondary N) is 2. The summed E-state index contributed by atoms with van der Waals surface area (Å²) in [4.78, 5) is 2.46. The second kappa shape index (κ2) is 13.2. The second-order valence-corrected chi connectivity index (χ2v) is 11.7. The Morgan fingerprint density at radius 2 is 1.03 bits per heavy atom. The molecule has 10 heteroatoms. The van der Waals surface area contributed by atoms with Crippen molar-refractivity contribution in [1.82, 2.24) is 14.3 Å². The van der Waals surface area contributed by atoms with Gasteiger partial charge in [0.05, 0.1) is 9.79 Å². The number of hydrogen-bond donors (Lipinski definition) is 2. The smallest absolute Gasteiger partial charge is 0.240 e. The van der Waals surface area contributed by atoms with Gasteiger partial charge in [0.25, 0.3) is 0 Å². The Bertz CT molecular complexity index is 1190. The largest absolute Gasteiger partial charge is 0.296 e. The lowest BCUT2D eigenvalue weighted by Crippen LogP contribution is -2.39. The van der Waals surface area contributed by atoms with E-state index in [4.69, 9.17) is 0 Å². The van der Waals surface area contributed by atoms with Gasteiger partial charge in [-0.15, -0.1) is 12.4 Å². The molecular formula is C25H32ClN3O4S2.